The summed E-state index contributed by atoms with van der Waals surface area (Å²) < 4.78 is 6.26. The number of hydrogen-bond donors (Lipinski definition) is 0. The molecule has 0 bridgehead atoms. The first kappa shape index (κ1) is 16.3. The minimum atomic E-state index is 0.0344. The highest BCUT2D eigenvalue weighted by Crippen LogP contribution is 2.47. The molecule has 2 aliphatic rings. The summed E-state index contributed by atoms with van der Waals surface area (Å²) in [5, 5.41) is 0. The Kier molecular flexibility index (Phi) is 3.47. The van der Waals surface area contributed by atoms with Crippen LogP contribution in [-0.4, -0.2) is 13.9 Å². The number of nitrogens with zero attached hydrogens (tertiary/aromatic N) is 2. The summed E-state index contributed by atoms with van der Waals surface area (Å²) in [5.74, 6) is 1.84. The molecule has 6 rings (SSSR count). The third-order valence-corrected chi connectivity index (χ3v) is 5.91. The Bertz CT molecular complexity index is 1150. The van der Waals surface area contributed by atoms with Gasteiger partial charge in [0.15, 0.2) is 0 Å². The predicted octanol–water partition coefficient (Wildman–Crippen LogP) is 4.82. The largest absolute Gasteiger partial charge is 0.458 e. The third kappa shape index (κ3) is 2.32. The topological polar surface area (TPSA) is 15.7 Å². The van der Waals surface area contributed by atoms with Gasteiger partial charge in [0.1, 0.15) is 11.5 Å². The SMILES string of the molecule is CN1c2ccccc2N(B2c3ccccc3Oc3ccccc32)c2ccccc21. The Morgan fingerprint density at radius 1 is 0.552 bits per heavy atom. The second-order valence-electron chi connectivity index (χ2n) is 7.49. The van der Waals surface area contributed by atoms with Gasteiger partial charge >= 0.3 is 6.85 Å². The molecule has 138 valence electrons. The van der Waals surface area contributed by atoms with Crippen molar-refractivity contribution in [3.05, 3.63) is 97.1 Å². The van der Waals surface area contributed by atoms with E-state index in [2.05, 4.69) is 102 Å². The summed E-state index contributed by atoms with van der Waals surface area (Å²) >= 11 is 0. The van der Waals surface area contributed by atoms with Crippen LogP contribution in [0.2, 0.25) is 0 Å². The van der Waals surface area contributed by atoms with Crippen LogP contribution in [0.3, 0.4) is 0 Å². The van der Waals surface area contributed by atoms with Gasteiger partial charge in [0, 0.05) is 7.05 Å². The highest BCUT2D eigenvalue weighted by molar-refractivity contribution is 6.91. The van der Waals surface area contributed by atoms with Gasteiger partial charge < -0.3 is 14.4 Å². The zero-order chi connectivity index (χ0) is 19.4. The summed E-state index contributed by atoms with van der Waals surface area (Å²) in [7, 11) is 2.14. The Labute approximate surface area is 170 Å². The van der Waals surface area contributed by atoms with E-state index < -0.39 is 0 Å². The highest BCUT2D eigenvalue weighted by Gasteiger charge is 2.40. The quantitative estimate of drug-likeness (QED) is 0.445. The Morgan fingerprint density at radius 3 is 1.48 bits per heavy atom. The van der Waals surface area contributed by atoms with E-state index in [1.165, 1.54) is 33.7 Å². The first-order valence-corrected chi connectivity index (χ1v) is 9.89. The van der Waals surface area contributed by atoms with Crippen LogP contribution in [0.5, 0.6) is 11.5 Å². The Hall–Kier alpha value is -3.66. The van der Waals surface area contributed by atoms with Gasteiger partial charge in [-0.3, -0.25) is 0 Å². The van der Waals surface area contributed by atoms with E-state index in [1.54, 1.807) is 0 Å². The average Bonchev–Trinajstić information content (AvgIpc) is 2.79. The van der Waals surface area contributed by atoms with Crippen LogP contribution in [-0.2, 0) is 0 Å². The van der Waals surface area contributed by atoms with Crippen molar-refractivity contribution in [2.24, 2.45) is 0 Å². The Morgan fingerprint density at radius 2 is 0.966 bits per heavy atom. The van der Waals surface area contributed by atoms with Crippen molar-refractivity contribution in [2.75, 3.05) is 16.8 Å². The van der Waals surface area contributed by atoms with E-state index >= 15 is 0 Å². The van der Waals surface area contributed by atoms with Gasteiger partial charge in [-0.15, -0.1) is 0 Å². The molecule has 0 saturated carbocycles. The molecule has 4 heteroatoms. The molecule has 0 N–H and O–H groups in total. The normalized spacial score (nSPS) is 13.8. The van der Waals surface area contributed by atoms with Crippen LogP contribution in [0.25, 0.3) is 0 Å². The van der Waals surface area contributed by atoms with Crippen LogP contribution in [0, 0.1) is 0 Å². The lowest BCUT2D eigenvalue weighted by atomic mass is 9.47. The van der Waals surface area contributed by atoms with Gasteiger partial charge in [0.05, 0.1) is 22.7 Å². The van der Waals surface area contributed by atoms with Crippen molar-refractivity contribution in [3.63, 3.8) is 0 Å². The lowest BCUT2D eigenvalue weighted by Crippen LogP contribution is -2.58. The molecule has 0 aromatic heterocycles. The summed E-state index contributed by atoms with van der Waals surface area (Å²) in [4.78, 5) is 4.74. The van der Waals surface area contributed by atoms with Crippen molar-refractivity contribution in [2.45, 2.75) is 0 Å². The van der Waals surface area contributed by atoms with Crippen LogP contribution in [0.1, 0.15) is 0 Å². The van der Waals surface area contributed by atoms with Crippen molar-refractivity contribution in [3.8, 4) is 11.5 Å². The van der Waals surface area contributed by atoms with E-state index in [4.69, 9.17) is 4.74 Å². The van der Waals surface area contributed by atoms with Crippen molar-refractivity contribution in [1.82, 2.24) is 0 Å². The van der Waals surface area contributed by atoms with Crippen molar-refractivity contribution < 1.29 is 4.74 Å². The van der Waals surface area contributed by atoms with Crippen LogP contribution in [0.15, 0.2) is 97.1 Å². The van der Waals surface area contributed by atoms with E-state index in [9.17, 15) is 0 Å². The van der Waals surface area contributed by atoms with Crippen molar-refractivity contribution in [1.29, 1.82) is 0 Å². The predicted molar refractivity (Wildman–Crippen MR) is 121 cm³/mol. The van der Waals surface area contributed by atoms with E-state index in [0.717, 1.165) is 11.5 Å². The molecule has 0 spiro atoms. The number of anilines is 4. The molecular formula is C25H19BN2O. The van der Waals surface area contributed by atoms with E-state index in [1.807, 2.05) is 12.1 Å². The molecule has 0 radical (unpaired) electrons. The summed E-state index contributed by atoms with van der Waals surface area (Å²) in [5.41, 5.74) is 7.16. The zero-order valence-electron chi connectivity index (χ0n) is 16.1. The summed E-state index contributed by atoms with van der Waals surface area (Å²) in [6, 6.07) is 34.0. The molecule has 0 atom stereocenters. The van der Waals surface area contributed by atoms with Gasteiger partial charge in [-0.25, -0.2) is 0 Å². The number of benzene rings is 4. The van der Waals surface area contributed by atoms with Gasteiger partial charge in [-0.1, -0.05) is 60.7 Å². The fraction of sp³-hybridized carbons (Fsp3) is 0.0400. The lowest BCUT2D eigenvalue weighted by molar-refractivity contribution is 0.487. The van der Waals surface area contributed by atoms with Gasteiger partial charge in [-0.2, -0.15) is 0 Å². The molecule has 2 aliphatic heterocycles. The van der Waals surface area contributed by atoms with E-state index in [0.29, 0.717) is 0 Å². The lowest BCUT2D eigenvalue weighted by Gasteiger charge is -2.43. The molecule has 4 aromatic carbocycles. The standard InChI is InChI=1S/C25H19BN2O/c1-27-20-12-4-6-14-22(20)28(23-15-7-5-13-21(23)27)26-18-10-2-8-16-24(18)29-25-17-9-3-11-19(25)26/h2-17H,1H3. The maximum Gasteiger partial charge on any atom is 0.335 e. The maximum atomic E-state index is 6.26. The minimum Gasteiger partial charge on any atom is -0.458 e. The minimum absolute atomic E-state index is 0.0344. The molecule has 0 aliphatic carbocycles. The molecule has 0 unspecified atom stereocenters. The molecule has 4 aromatic rings. The highest BCUT2D eigenvalue weighted by atomic mass is 16.5. The molecule has 0 fully saturated rings. The zero-order valence-corrected chi connectivity index (χ0v) is 16.1. The average molecular weight is 374 g/mol. The number of hydrogen-bond acceptors (Lipinski definition) is 3. The smallest absolute Gasteiger partial charge is 0.335 e. The van der Waals surface area contributed by atoms with Gasteiger partial charge in [0.25, 0.3) is 0 Å². The number of fused-ring (bicyclic) bond motifs is 4. The second-order valence-corrected chi connectivity index (χ2v) is 7.49. The van der Waals surface area contributed by atoms with Crippen LogP contribution < -0.4 is 25.4 Å². The summed E-state index contributed by atoms with van der Waals surface area (Å²) in [6.07, 6.45) is 0. The van der Waals surface area contributed by atoms with Crippen molar-refractivity contribution >= 4 is 40.5 Å². The van der Waals surface area contributed by atoms with Crippen LogP contribution >= 0.6 is 0 Å². The monoisotopic (exact) mass is 374 g/mol. The molecule has 29 heavy (non-hydrogen) atoms. The molecule has 0 saturated heterocycles. The Balaban J connectivity index is 1.67. The molecule has 0 amide bonds. The first-order chi connectivity index (χ1) is 14.3. The van der Waals surface area contributed by atoms with E-state index in [-0.39, 0.29) is 6.85 Å². The first-order valence-electron chi connectivity index (χ1n) is 9.89. The number of para-hydroxylation sites is 6. The number of rotatable bonds is 1. The van der Waals surface area contributed by atoms with Gasteiger partial charge in [-0.05, 0) is 47.3 Å². The van der Waals surface area contributed by atoms with Crippen LogP contribution in [0.4, 0.5) is 22.7 Å². The third-order valence-electron chi connectivity index (χ3n) is 5.91. The molecule has 2 heterocycles. The fourth-order valence-electron chi connectivity index (χ4n) is 4.60. The summed E-state index contributed by atoms with van der Waals surface area (Å²) in [6.45, 7) is 0.0344. The maximum absolute atomic E-state index is 6.26. The molecule has 3 nitrogen and oxygen atoms in total. The van der Waals surface area contributed by atoms with Gasteiger partial charge in [0.2, 0.25) is 0 Å². The fourth-order valence-corrected chi connectivity index (χ4v) is 4.60. The second kappa shape index (κ2) is 6.18. The number of ether oxygens (including phenoxy) is 1. The molecular weight excluding hydrogens is 355 g/mol.